The largest absolute Gasteiger partial charge is 0.337 e. The van der Waals surface area contributed by atoms with E-state index in [0.29, 0.717) is 6.04 Å². The van der Waals surface area contributed by atoms with Crippen molar-refractivity contribution in [1.82, 2.24) is 20.5 Å². The molecule has 3 rings (SSSR count). The number of anilines is 1. The Balaban J connectivity index is 1.80. The lowest BCUT2D eigenvalue weighted by Crippen LogP contribution is -2.49. The highest BCUT2D eigenvalue weighted by Crippen LogP contribution is 2.29. The molecule has 0 aromatic carbocycles. The molecule has 0 bridgehead atoms. The van der Waals surface area contributed by atoms with Gasteiger partial charge in [0, 0.05) is 25.7 Å². The lowest BCUT2D eigenvalue weighted by atomic mass is 10.2. The van der Waals surface area contributed by atoms with Crippen LogP contribution in [-0.4, -0.2) is 40.9 Å². The molecule has 2 aromatic rings. The van der Waals surface area contributed by atoms with Crippen LogP contribution in [0.1, 0.15) is 6.92 Å². The molecule has 1 saturated heterocycles. The number of aromatic amines is 1. The summed E-state index contributed by atoms with van der Waals surface area (Å²) in [4.78, 5) is 7.89. The molecule has 1 unspecified atom stereocenters. The van der Waals surface area contributed by atoms with Crippen molar-refractivity contribution in [3.8, 4) is 10.7 Å². The summed E-state index contributed by atoms with van der Waals surface area (Å²) in [6, 6.07) is 4.55. The van der Waals surface area contributed by atoms with E-state index in [1.807, 2.05) is 12.1 Å². The predicted octanol–water partition coefficient (Wildman–Crippen LogP) is 2.09. The van der Waals surface area contributed by atoms with Crippen molar-refractivity contribution in [3.05, 3.63) is 15.9 Å². The molecule has 2 N–H and O–H groups in total. The third-order valence-electron chi connectivity index (χ3n) is 2.93. The van der Waals surface area contributed by atoms with Crippen LogP contribution >= 0.6 is 27.3 Å². The zero-order valence-electron chi connectivity index (χ0n) is 9.98. The fraction of sp³-hybridized carbons (Fsp3) is 0.455. The van der Waals surface area contributed by atoms with Crippen LogP contribution in [0.5, 0.6) is 0 Å². The van der Waals surface area contributed by atoms with E-state index in [4.69, 9.17) is 0 Å². The van der Waals surface area contributed by atoms with Crippen molar-refractivity contribution in [2.24, 2.45) is 0 Å². The van der Waals surface area contributed by atoms with Crippen molar-refractivity contribution in [1.29, 1.82) is 0 Å². The first-order valence-electron chi connectivity index (χ1n) is 5.89. The van der Waals surface area contributed by atoms with Gasteiger partial charge in [0.1, 0.15) is 0 Å². The van der Waals surface area contributed by atoms with Crippen LogP contribution in [0.15, 0.2) is 15.9 Å². The zero-order chi connectivity index (χ0) is 12.5. The first-order valence-corrected chi connectivity index (χ1v) is 7.50. The average Bonchev–Trinajstić information content (AvgIpc) is 2.97. The Kier molecular flexibility index (Phi) is 3.36. The normalized spacial score (nSPS) is 20.3. The highest BCUT2D eigenvalue weighted by molar-refractivity contribution is 9.11. The summed E-state index contributed by atoms with van der Waals surface area (Å²) in [6.45, 7) is 5.06. The van der Waals surface area contributed by atoms with E-state index in [1.54, 1.807) is 11.3 Å². The number of hydrogen-bond donors (Lipinski definition) is 2. The van der Waals surface area contributed by atoms with Gasteiger partial charge in [0.25, 0.3) is 0 Å². The molecule has 0 radical (unpaired) electrons. The number of nitrogens with one attached hydrogen (secondary N) is 2. The van der Waals surface area contributed by atoms with Crippen LogP contribution in [0.4, 0.5) is 5.95 Å². The molecule has 0 amide bonds. The molecule has 18 heavy (non-hydrogen) atoms. The quantitative estimate of drug-likeness (QED) is 0.886. The minimum absolute atomic E-state index is 0.483. The van der Waals surface area contributed by atoms with E-state index in [1.165, 1.54) is 0 Å². The molecule has 3 heterocycles. The van der Waals surface area contributed by atoms with Crippen LogP contribution in [0.25, 0.3) is 10.7 Å². The summed E-state index contributed by atoms with van der Waals surface area (Å²) < 4.78 is 1.10. The Labute approximate surface area is 118 Å². The van der Waals surface area contributed by atoms with E-state index in [-0.39, 0.29) is 0 Å². The molecule has 1 atom stereocenters. The molecule has 2 aromatic heterocycles. The number of piperazine rings is 1. The lowest BCUT2D eigenvalue weighted by Gasteiger charge is -2.30. The van der Waals surface area contributed by atoms with Gasteiger partial charge in [-0.25, -0.2) is 0 Å². The Bertz CT molecular complexity index is 537. The summed E-state index contributed by atoms with van der Waals surface area (Å²) in [5.74, 6) is 1.63. The minimum atomic E-state index is 0.483. The highest BCUT2D eigenvalue weighted by atomic mass is 79.9. The van der Waals surface area contributed by atoms with Crippen LogP contribution in [0, 0.1) is 0 Å². The summed E-state index contributed by atoms with van der Waals surface area (Å²) in [5, 5.41) is 10.7. The SMILES string of the molecule is CC1CN(c2n[nH]c(-c3ccc(Br)s3)n2)CCN1. The fourth-order valence-corrected chi connectivity index (χ4v) is 3.39. The highest BCUT2D eigenvalue weighted by Gasteiger charge is 2.19. The van der Waals surface area contributed by atoms with Gasteiger partial charge in [-0.2, -0.15) is 4.98 Å². The molecule has 0 aliphatic carbocycles. The van der Waals surface area contributed by atoms with Crippen molar-refractivity contribution in [3.63, 3.8) is 0 Å². The third-order valence-corrected chi connectivity index (χ3v) is 4.56. The van der Waals surface area contributed by atoms with Gasteiger partial charge >= 0.3 is 0 Å². The second-order valence-corrected chi connectivity index (χ2v) is 6.85. The molecule has 7 heteroatoms. The van der Waals surface area contributed by atoms with Gasteiger partial charge in [0.2, 0.25) is 5.95 Å². The first kappa shape index (κ1) is 12.1. The van der Waals surface area contributed by atoms with Gasteiger partial charge in [-0.05, 0) is 35.0 Å². The number of thiophene rings is 1. The molecule has 96 valence electrons. The predicted molar refractivity (Wildman–Crippen MR) is 77.1 cm³/mol. The molecule has 0 saturated carbocycles. The molecule has 5 nitrogen and oxygen atoms in total. The summed E-state index contributed by atoms with van der Waals surface area (Å²) in [6.07, 6.45) is 0. The van der Waals surface area contributed by atoms with Gasteiger partial charge in [-0.3, -0.25) is 5.10 Å². The van der Waals surface area contributed by atoms with Crippen molar-refractivity contribution >= 4 is 33.2 Å². The van der Waals surface area contributed by atoms with E-state index >= 15 is 0 Å². The van der Waals surface area contributed by atoms with E-state index in [0.717, 1.165) is 40.1 Å². The van der Waals surface area contributed by atoms with E-state index in [9.17, 15) is 0 Å². The summed E-state index contributed by atoms with van der Waals surface area (Å²) in [7, 11) is 0. The standard InChI is InChI=1S/C11H14BrN5S/c1-7-6-17(5-4-13-7)11-14-10(15-16-11)8-2-3-9(12)18-8/h2-3,7,13H,4-6H2,1H3,(H,14,15,16). The number of rotatable bonds is 2. The second kappa shape index (κ2) is 4.99. The topological polar surface area (TPSA) is 56.8 Å². The molecular weight excluding hydrogens is 314 g/mol. The monoisotopic (exact) mass is 327 g/mol. The zero-order valence-corrected chi connectivity index (χ0v) is 12.4. The number of aromatic nitrogens is 3. The van der Waals surface area contributed by atoms with Crippen LogP contribution in [-0.2, 0) is 0 Å². The maximum Gasteiger partial charge on any atom is 0.245 e. The van der Waals surface area contributed by atoms with Gasteiger partial charge in [0.05, 0.1) is 8.66 Å². The van der Waals surface area contributed by atoms with E-state index < -0.39 is 0 Å². The van der Waals surface area contributed by atoms with Gasteiger partial charge in [-0.15, -0.1) is 16.4 Å². The Morgan fingerprint density at radius 3 is 3.11 bits per heavy atom. The molecule has 0 spiro atoms. The summed E-state index contributed by atoms with van der Waals surface area (Å²) >= 11 is 5.11. The molecule has 1 aliphatic heterocycles. The van der Waals surface area contributed by atoms with Gasteiger partial charge in [-0.1, -0.05) is 0 Å². The van der Waals surface area contributed by atoms with E-state index in [2.05, 4.69) is 48.3 Å². The third kappa shape index (κ3) is 2.43. The van der Waals surface area contributed by atoms with Crippen LogP contribution < -0.4 is 10.2 Å². The van der Waals surface area contributed by atoms with Gasteiger partial charge in [0.15, 0.2) is 5.82 Å². The van der Waals surface area contributed by atoms with Crippen molar-refractivity contribution < 1.29 is 0 Å². The van der Waals surface area contributed by atoms with Crippen LogP contribution in [0.2, 0.25) is 0 Å². The Morgan fingerprint density at radius 1 is 1.50 bits per heavy atom. The van der Waals surface area contributed by atoms with Gasteiger partial charge < -0.3 is 10.2 Å². The molecular formula is C11H14BrN5S. The Hall–Kier alpha value is -0.920. The smallest absolute Gasteiger partial charge is 0.245 e. The Morgan fingerprint density at radius 2 is 2.39 bits per heavy atom. The van der Waals surface area contributed by atoms with Crippen LogP contribution in [0.3, 0.4) is 0 Å². The fourth-order valence-electron chi connectivity index (χ4n) is 2.06. The average molecular weight is 328 g/mol. The minimum Gasteiger partial charge on any atom is -0.337 e. The number of halogens is 1. The molecule has 1 fully saturated rings. The number of nitrogens with zero attached hydrogens (tertiary/aromatic N) is 3. The maximum atomic E-state index is 4.57. The van der Waals surface area contributed by atoms with Crippen molar-refractivity contribution in [2.75, 3.05) is 24.5 Å². The van der Waals surface area contributed by atoms with Crippen molar-refractivity contribution in [2.45, 2.75) is 13.0 Å². The summed E-state index contributed by atoms with van der Waals surface area (Å²) in [5.41, 5.74) is 0. The second-order valence-electron chi connectivity index (χ2n) is 4.39. The first-order chi connectivity index (χ1) is 8.72. The number of hydrogen-bond acceptors (Lipinski definition) is 5. The maximum absolute atomic E-state index is 4.57. The number of H-pyrrole nitrogens is 1. The lowest BCUT2D eigenvalue weighted by molar-refractivity contribution is 0.480. The molecule has 1 aliphatic rings.